The lowest BCUT2D eigenvalue weighted by Gasteiger charge is -2.43. The number of aliphatic hydroxyl groups is 1. The largest absolute Gasteiger partial charge is 0.434 e. The van der Waals surface area contributed by atoms with Crippen LogP contribution in [0.15, 0.2) is 102 Å². The Hall–Kier alpha value is -3.62. The number of anilines is 1. The number of aliphatic hydroxyl groups excluding tert-OH is 1. The second-order valence-electron chi connectivity index (χ2n) is 12.7. The molecule has 4 aromatic rings. The van der Waals surface area contributed by atoms with Gasteiger partial charge in [-0.2, -0.15) is 13.8 Å². The van der Waals surface area contributed by atoms with Gasteiger partial charge in [0.1, 0.15) is 11.9 Å². The number of benzene rings is 2. The quantitative estimate of drug-likeness (QED) is 0.185. The zero-order chi connectivity index (χ0) is 34.2. The maximum atomic E-state index is 15.6. The molecule has 2 aromatic carbocycles. The van der Waals surface area contributed by atoms with Gasteiger partial charge in [0.05, 0.1) is 19.3 Å². The molecule has 2 fully saturated rings. The molecule has 11 nitrogen and oxygen atoms in total. The van der Waals surface area contributed by atoms with E-state index in [4.69, 9.17) is 18.2 Å². The zero-order valence-electron chi connectivity index (χ0n) is 26.6. The van der Waals surface area contributed by atoms with E-state index < -0.39 is 57.3 Å². The van der Waals surface area contributed by atoms with Crippen molar-refractivity contribution in [1.82, 2.24) is 14.5 Å². The molecule has 2 aromatic heterocycles. The van der Waals surface area contributed by atoms with Gasteiger partial charge in [0.15, 0.2) is 6.10 Å². The highest BCUT2D eigenvalue weighted by Crippen LogP contribution is 2.55. The molecule has 2 aliphatic rings. The van der Waals surface area contributed by atoms with Crippen LogP contribution in [0.3, 0.4) is 0 Å². The van der Waals surface area contributed by atoms with Crippen molar-refractivity contribution in [3.05, 3.63) is 114 Å². The van der Waals surface area contributed by atoms with Crippen molar-refractivity contribution >= 4 is 32.3 Å². The number of hydrogen-bond acceptors (Lipinski definition) is 9. The zero-order valence-corrected chi connectivity index (χ0v) is 28.5. The molecule has 15 heteroatoms. The number of rotatable bonds is 9. The number of halogens is 2. The monoisotopic (exact) mass is 698 g/mol. The fourth-order valence-corrected chi connectivity index (χ4v) is 12.3. The summed E-state index contributed by atoms with van der Waals surface area (Å²) in [4.78, 5) is 20.9. The Labute approximate surface area is 277 Å². The Morgan fingerprint density at radius 2 is 1.67 bits per heavy atom. The average Bonchev–Trinajstić information content (AvgIpc) is 3.29. The fraction of sp³-hybridized carbons (Fsp3) is 0.364. The molecule has 5 atom stereocenters. The molecule has 0 radical (unpaired) electrons. The highest BCUT2D eigenvalue weighted by Gasteiger charge is 2.61. The molecule has 6 rings (SSSR count). The summed E-state index contributed by atoms with van der Waals surface area (Å²) in [6.07, 6.45) is -1.86. The summed E-state index contributed by atoms with van der Waals surface area (Å²) in [5.41, 5.74) is -0.383. The van der Waals surface area contributed by atoms with Gasteiger partial charge in [-0.1, -0.05) is 81.4 Å². The standard InChI is InChI=1S/C33H37F2N4O7PSi/c1-32(2,3)48(24-10-6-4-7-11-24,25-12-8-5-9-13-25)44-22-27-29(40)33(34,35)30(45-27)39-20-16-28(37-31(39)41)38-47(42)43-21-17-26(46-47)23-14-18-36-19-15-23/h4-16,18-20,26-27,29-30,40H,17,21-22H2,1-3H3,(H,37,38,41,42)/t26?,27-,29+,30+,47?/m0/s1. The van der Waals surface area contributed by atoms with Crippen molar-refractivity contribution < 1.29 is 36.7 Å². The van der Waals surface area contributed by atoms with Gasteiger partial charge in [-0.3, -0.25) is 23.7 Å². The molecule has 0 spiro atoms. The van der Waals surface area contributed by atoms with Gasteiger partial charge in [0, 0.05) is 25.0 Å². The molecule has 0 saturated carbocycles. The van der Waals surface area contributed by atoms with Crippen LogP contribution < -0.4 is 21.2 Å². The van der Waals surface area contributed by atoms with Crippen molar-refractivity contribution in [1.29, 1.82) is 0 Å². The first-order chi connectivity index (χ1) is 22.8. The Kier molecular flexibility index (Phi) is 9.53. The summed E-state index contributed by atoms with van der Waals surface area (Å²) in [5, 5.41) is 14.8. The first-order valence-electron chi connectivity index (χ1n) is 15.5. The van der Waals surface area contributed by atoms with E-state index in [0.29, 0.717) is 11.0 Å². The molecule has 48 heavy (non-hydrogen) atoms. The van der Waals surface area contributed by atoms with E-state index in [9.17, 15) is 14.5 Å². The summed E-state index contributed by atoms with van der Waals surface area (Å²) in [7, 11) is -7.11. The summed E-state index contributed by atoms with van der Waals surface area (Å²) in [6.45, 7) is 5.87. The van der Waals surface area contributed by atoms with Gasteiger partial charge in [-0.25, -0.2) is 9.36 Å². The molecule has 0 amide bonds. The van der Waals surface area contributed by atoms with E-state index >= 15 is 8.78 Å². The molecular formula is C33H37F2N4O7PSi. The predicted octanol–water partition coefficient (Wildman–Crippen LogP) is 4.81. The molecular weight excluding hydrogens is 661 g/mol. The van der Waals surface area contributed by atoms with E-state index in [2.05, 4.69) is 15.1 Å². The number of hydrogen-bond donors (Lipinski definition) is 2. The van der Waals surface area contributed by atoms with Gasteiger partial charge < -0.3 is 14.3 Å². The second kappa shape index (κ2) is 13.4. The minimum absolute atomic E-state index is 0.103. The maximum absolute atomic E-state index is 15.6. The van der Waals surface area contributed by atoms with Crippen LogP contribution in [0.5, 0.6) is 0 Å². The van der Waals surface area contributed by atoms with Crippen molar-refractivity contribution in [2.24, 2.45) is 0 Å². The minimum atomic E-state index is -3.97. The van der Waals surface area contributed by atoms with Crippen LogP contribution in [0, 0.1) is 0 Å². The van der Waals surface area contributed by atoms with Gasteiger partial charge >= 0.3 is 19.4 Å². The van der Waals surface area contributed by atoms with Crippen LogP contribution in [0.1, 0.15) is 45.1 Å². The lowest BCUT2D eigenvalue weighted by Crippen LogP contribution is -2.67. The minimum Gasteiger partial charge on any atom is -0.405 e. The maximum Gasteiger partial charge on any atom is 0.434 e. The highest BCUT2D eigenvalue weighted by molar-refractivity contribution is 7.55. The fourth-order valence-electron chi connectivity index (χ4n) is 6.26. The Bertz CT molecular complexity index is 1780. The third-order valence-electron chi connectivity index (χ3n) is 8.58. The van der Waals surface area contributed by atoms with E-state index in [1.165, 1.54) is 6.07 Å². The lowest BCUT2D eigenvalue weighted by molar-refractivity contribution is -0.140. The third-order valence-corrected chi connectivity index (χ3v) is 15.1. The number of nitrogens with zero attached hydrogens (tertiary/aromatic N) is 3. The van der Waals surface area contributed by atoms with Crippen LogP contribution in [-0.2, 0) is 22.8 Å². The molecule has 2 N–H and O–H groups in total. The molecule has 4 heterocycles. The van der Waals surface area contributed by atoms with Crippen molar-refractivity contribution in [2.75, 3.05) is 18.3 Å². The molecule has 0 bridgehead atoms. The van der Waals surface area contributed by atoms with Gasteiger partial charge in [-0.05, 0) is 39.2 Å². The SMILES string of the molecule is CC(C)(C)[Si](OC[C@@H]1O[C@@H](n2ccc(NP3(=O)OCCC(c4ccncc4)O3)nc2=O)C(F)(F)[C@@H]1O)(c1ccccc1)c1ccccc1. The van der Waals surface area contributed by atoms with Crippen molar-refractivity contribution in [3.63, 3.8) is 0 Å². The van der Waals surface area contributed by atoms with Crippen LogP contribution in [0.2, 0.25) is 5.04 Å². The van der Waals surface area contributed by atoms with E-state index in [0.717, 1.165) is 22.1 Å². The number of aromatic nitrogens is 3. The normalized spacial score (nSPS) is 25.9. The van der Waals surface area contributed by atoms with Gasteiger partial charge in [0.2, 0.25) is 6.23 Å². The summed E-state index contributed by atoms with van der Waals surface area (Å²) in [6, 6.07) is 23.9. The average molecular weight is 699 g/mol. The van der Waals surface area contributed by atoms with Crippen LogP contribution in [-0.4, -0.2) is 59.3 Å². The smallest absolute Gasteiger partial charge is 0.405 e. The van der Waals surface area contributed by atoms with Crippen molar-refractivity contribution in [3.8, 4) is 0 Å². The second-order valence-corrected chi connectivity index (χ2v) is 18.7. The molecule has 2 saturated heterocycles. The summed E-state index contributed by atoms with van der Waals surface area (Å²) in [5.74, 6) is -4.08. The van der Waals surface area contributed by atoms with Crippen LogP contribution >= 0.6 is 7.75 Å². The van der Waals surface area contributed by atoms with E-state index in [1.807, 2.05) is 81.4 Å². The summed E-state index contributed by atoms with van der Waals surface area (Å²) >= 11 is 0. The topological polar surface area (TPSA) is 134 Å². The Morgan fingerprint density at radius 1 is 1.04 bits per heavy atom. The first-order valence-corrected chi connectivity index (χ1v) is 19.0. The van der Waals surface area contributed by atoms with E-state index in [-0.39, 0.29) is 19.0 Å². The molecule has 2 unspecified atom stereocenters. The van der Waals surface area contributed by atoms with Crippen molar-refractivity contribution in [2.45, 2.75) is 62.7 Å². The Morgan fingerprint density at radius 3 is 2.25 bits per heavy atom. The molecule has 2 aliphatic heterocycles. The molecule has 254 valence electrons. The predicted molar refractivity (Wildman–Crippen MR) is 177 cm³/mol. The number of nitrogens with one attached hydrogen (secondary N) is 1. The van der Waals surface area contributed by atoms with Crippen LogP contribution in [0.25, 0.3) is 0 Å². The third kappa shape index (κ3) is 6.53. The molecule has 0 aliphatic carbocycles. The number of alkyl halides is 2. The summed E-state index contributed by atoms with van der Waals surface area (Å²) < 4.78 is 68.7. The number of ether oxygens (including phenoxy) is 1. The van der Waals surface area contributed by atoms with E-state index in [1.54, 1.807) is 24.5 Å². The number of pyridine rings is 1. The van der Waals surface area contributed by atoms with Gasteiger partial charge in [0.25, 0.3) is 8.32 Å². The first kappa shape index (κ1) is 34.2. The Balaban J connectivity index is 1.22. The highest BCUT2D eigenvalue weighted by atomic mass is 31.2. The van der Waals surface area contributed by atoms with Gasteiger partial charge in [-0.15, -0.1) is 0 Å². The lowest BCUT2D eigenvalue weighted by atomic mass is 10.1. The van der Waals surface area contributed by atoms with Crippen LogP contribution in [0.4, 0.5) is 14.6 Å².